The van der Waals surface area contributed by atoms with Crippen molar-refractivity contribution in [1.82, 2.24) is 15.3 Å². The molecule has 2 aromatic rings. The minimum atomic E-state index is -4.45. The Morgan fingerprint density at radius 3 is 2.25 bits per heavy atom. The molecule has 2 fully saturated rings. The number of anilines is 1. The van der Waals surface area contributed by atoms with E-state index >= 15 is 0 Å². The van der Waals surface area contributed by atoms with Gasteiger partial charge in [-0.1, -0.05) is 20.8 Å². The van der Waals surface area contributed by atoms with E-state index in [1.165, 1.54) is 0 Å². The molecule has 2 saturated heterocycles. The Balaban J connectivity index is 1.37. The van der Waals surface area contributed by atoms with Gasteiger partial charge in [-0.3, -0.25) is 4.79 Å². The van der Waals surface area contributed by atoms with E-state index in [4.69, 9.17) is 9.47 Å². The molecule has 32 heavy (non-hydrogen) atoms. The summed E-state index contributed by atoms with van der Waals surface area (Å²) in [5, 5.41) is 6.07. The van der Waals surface area contributed by atoms with Gasteiger partial charge in [0, 0.05) is 17.2 Å². The normalized spacial score (nSPS) is 25.4. The summed E-state index contributed by atoms with van der Waals surface area (Å²) in [6.07, 6.45) is -3.44. The van der Waals surface area contributed by atoms with Crippen LogP contribution in [0.3, 0.4) is 0 Å². The van der Waals surface area contributed by atoms with Crippen molar-refractivity contribution in [1.29, 1.82) is 0 Å². The van der Waals surface area contributed by atoms with Crippen LogP contribution >= 0.6 is 0 Å². The van der Waals surface area contributed by atoms with Crippen LogP contribution in [0.4, 0.5) is 19.1 Å². The lowest BCUT2D eigenvalue weighted by Gasteiger charge is -2.21. The fraction of sp³-hybridized carbons (Fsp3) is 0.500. The highest BCUT2D eigenvalue weighted by molar-refractivity contribution is 5.94. The van der Waals surface area contributed by atoms with Gasteiger partial charge in [0.1, 0.15) is 12.2 Å². The molecule has 2 N–H and O–H groups in total. The molecule has 0 radical (unpaired) electrons. The molecule has 2 aliphatic heterocycles. The summed E-state index contributed by atoms with van der Waals surface area (Å²) in [6, 6.07) is 5.36. The molecular formula is C22H25F3N4O3. The number of nitrogens with zero attached hydrogens (tertiary/aromatic N) is 2. The van der Waals surface area contributed by atoms with Gasteiger partial charge in [-0.05, 0) is 30.3 Å². The molecule has 4 atom stereocenters. The quantitative estimate of drug-likeness (QED) is 0.745. The van der Waals surface area contributed by atoms with Crippen LogP contribution in [0.2, 0.25) is 0 Å². The predicted molar refractivity (Wildman–Crippen MR) is 110 cm³/mol. The third-order valence-electron chi connectivity index (χ3n) is 5.58. The van der Waals surface area contributed by atoms with Gasteiger partial charge < -0.3 is 20.1 Å². The maximum Gasteiger partial charge on any atom is 0.416 e. The van der Waals surface area contributed by atoms with E-state index in [2.05, 4.69) is 41.4 Å². The Kier molecular flexibility index (Phi) is 5.85. The molecule has 0 unspecified atom stereocenters. The van der Waals surface area contributed by atoms with Crippen molar-refractivity contribution < 1.29 is 27.4 Å². The van der Waals surface area contributed by atoms with Crippen LogP contribution in [0.15, 0.2) is 36.5 Å². The Hall–Kier alpha value is -2.72. The molecule has 10 heteroatoms. The van der Waals surface area contributed by atoms with Gasteiger partial charge in [-0.15, -0.1) is 0 Å². The second-order valence-electron chi connectivity index (χ2n) is 9.02. The highest BCUT2D eigenvalue weighted by Crippen LogP contribution is 2.31. The number of alkyl halides is 3. The summed E-state index contributed by atoms with van der Waals surface area (Å²) in [6.45, 7) is 6.79. The minimum absolute atomic E-state index is 0.119. The maximum absolute atomic E-state index is 12.7. The number of amides is 1. The first-order valence-corrected chi connectivity index (χ1v) is 10.3. The number of benzene rings is 1. The zero-order valence-electron chi connectivity index (χ0n) is 17.9. The van der Waals surface area contributed by atoms with Gasteiger partial charge in [0.05, 0.1) is 36.6 Å². The zero-order chi connectivity index (χ0) is 23.1. The van der Waals surface area contributed by atoms with E-state index < -0.39 is 23.7 Å². The monoisotopic (exact) mass is 450 g/mol. The molecule has 0 bridgehead atoms. The fourth-order valence-electron chi connectivity index (χ4n) is 3.82. The second kappa shape index (κ2) is 8.32. The molecule has 1 aromatic heterocycles. The number of carbonyl (C=O) groups is 1. The van der Waals surface area contributed by atoms with E-state index in [1.807, 2.05) is 6.07 Å². The predicted octanol–water partition coefficient (Wildman–Crippen LogP) is 3.17. The summed E-state index contributed by atoms with van der Waals surface area (Å²) in [5.41, 5.74) is 0.121. The summed E-state index contributed by atoms with van der Waals surface area (Å²) in [7, 11) is 0. The molecule has 4 rings (SSSR count). The number of fused-ring (bicyclic) bond motifs is 1. The molecule has 0 aliphatic carbocycles. The molecule has 3 heterocycles. The van der Waals surface area contributed by atoms with E-state index in [9.17, 15) is 18.0 Å². The summed E-state index contributed by atoms with van der Waals surface area (Å²) in [5.74, 6) is 0.00158. The van der Waals surface area contributed by atoms with Crippen molar-refractivity contribution in [3.05, 3.63) is 53.3 Å². The van der Waals surface area contributed by atoms with Crippen LogP contribution in [0, 0.1) is 0 Å². The van der Waals surface area contributed by atoms with Gasteiger partial charge >= 0.3 is 6.18 Å². The van der Waals surface area contributed by atoms with Gasteiger partial charge in [0.15, 0.2) is 0 Å². The Morgan fingerprint density at radius 1 is 1.00 bits per heavy atom. The van der Waals surface area contributed by atoms with Crippen molar-refractivity contribution in [2.24, 2.45) is 0 Å². The topological polar surface area (TPSA) is 85.4 Å². The average Bonchev–Trinajstić information content (AvgIpc) is 3.30. The summed E-state index contributed by atoms with van der Waals surface area (Å²) >= 11 is 0. The highest BCUT2D eigenvalue weighted by Gasteiger charge is 2.48. The molecule has 172 valence electrons. The van der Waals surface area contributed by atoms with Crippen molar-refractivity contribution in [3.63, 3.8) is 0 Å². The Labute approximate surface area is 183 Å². The lowest BCUT2D eigenvalue weighted by Crippen LogP contribution is -2.44. The van der Waals surface area contributed by atoms with E-state index in [1.54, 1.807) is 6.20 Å². The number of hydrogen-bond donors (Lipinski definition) is 2. The first-order valence-electron chi connectivity index (χ1n) is 10.3. The standard InChI is InChI=1S/C22H25F3N4O3/c1-21(2,3)16-8-9-26-20(29-16)28-15-11-32-17-14(10-31-18(15)17)27-19(30)12-4-6-13(7-5-12)22(23,24)25/h4-9,14-15,17-18H,10-11H2,1-3H3,(H,27,30)(H,26,28,29)/t14-,15+,17-,18+/m0/s1. The Morgan fingerprint density at radius 2 is 1.62 bits per heavy atom. The van der Waals surface area contributed by atoms with Crippen molar-refractivity contribution in [2.75, 3.05) is 18.5 Å². The molecule has 0 saturated carbocycles. The van der Waals surface area contributed by atoms with Crippen molar-refractivity contribution in [2.45, 2.75) is 56.7 Å². The number of halogens is 3. The lowest BCUT2D eigenvalue weighted by molar-refractivity contribution is -0.137. The number of ether oxygens (including phenoxy) is 2. The largest absolute Gasteiger partial charge is 0.416 e. The van der Waals surface area contributed by atoms with Crippen LogP contribution in [-0.4, -0.2) is 53.4 Å². The SMILES string of the molecule is CC(C)(C)c1ccnc(N[C@@H]2CO[C@@H]3[C@@H]2OC[C@@H]3NC(=O)c2ccc(C(F)(F)F)cc2)n1. The molecule has 1 aromatic carbocycles. The van der Waals surface area contributed by atoms with Gasteiger partial charge in [-0.25, -0.2) is 9.97 Å². The number of nitrogens with one attached hydrogen (secondary N) is 2. The zero-order valence-corrected chi connectivity index (χ0v) is 17.9. The number of hydrogen-bond acceptors (Lipinski definition) is 6. The van der Waals surface area contributed by atoms with Crippen LogP contribution in [0.1, 0.15) is 42.4 Å². The maximum atomic E-state index is 12.7. The van der Waals surface area contributed by atoms with Gasteiger partial charge in [0.25, 0.3) is 5.91 Å². The summed E-state index contributed by atoms with van der Waals surface area (Å²) < 4.78 is 49.9. The minimum Gasteiger partial charge on any atom is -0.371 e. The molecule has 1 amide bonds. The van der Waals surface area contributed by atoms with Crippen LogP contribution < -0.4 is 10.6 Å². The van der Waals surface area contributed by atoms with E-state index in [0.29, 0.717) is 12.6 Å². The molecular weight excluding hydrogens is 425 g/mol. The lowest BCUT2D eigenvalue weighted by atomic mass is 9.92. The molecule has 7 nitrogen and oxygen atoms in total. The first-order chi connectivity index (χ1) is 15.0. The van der Waals surface area contributed by atoms with Gasteiger partial charge in [0.2, 0.25) is 5.95 Å². The fourth-order valence-corrected chi connectivity index (χ4v) is 3.82. The smallest absolute Gasteiger partial charge is 0.371 e. The van der Waals surface area contributed by atoms with Crippen molar-refractivity contribution in [3.8, 4) is 0 Å². The highest BCUT2D eigenvalue weighted by atomic mass is 19.4. The van der Waals surface area contributed by atoms with Crippen LogP contribution in [-0.2, 0) is 21.1 Å². The van der Waals surface area contributed by atoms with Gasteiger partial charge in [-0.2, -0.15) is 13.2 Å². The molecule has 0 spiro atoms. The first kappa shape index (κ1) is 22.5. The number of carbonyl (C=O) groups excluding carboxylic acids is 1. The van der Waals surface area contributed by atoms with Crippen LogP contribution in [0.5, 0.6) is 0 Å². The van der Waals surface area contributed by atoms with Crippen molar-refractivity contribution >= 4 is 11.9 Å². The number of rotatable bonds is 4. The third-order valence-corrected chi connectivity index (χ3v) is 5.58. The average molecular weight is 450 g/mol. The van der Waals surface area contributed by atoms with Crippen LogP contribution in [0.25, 0.3) is 0 Å². The second-order valence-corrected chi connectivity index (χ2v) is 9.02. The number of aromatic nitrogens is 2. The van der Waals surface area contributed by atoms with E-state index in [-0.39, 0.29) is 35.8 Å². The molecule has 2 aliphatic rings. The summed E-state index contributed by atoms with van der Waals surface area (Å²) in [4.78, 5) is 21.4. The Bertz CT molecular complexity index is 976. The third kappa shape index (κ3) is 4.71. The van der Waals surface area contributed by atoms with E-state index in [0.717, 1.165) is 30.0 Å².